The molecule has 0 aliphatic heterocycles. The van der Waals surface area contributed by atoms with Crippen LogP contribution in [-0.4, -0.2) is 30.4 Å². The van der Waals surface area contributed by atoms with Crippen molar-refractivity contribution in [3.63, 3.8) is 0 Å². The molecule has 0 amide bonds. The number of rotatable bonds is 6. The van der Waals surface area contributed by atoms with Crippen LogP contribution in [0.25, 0.3) is 17.5 Å². The first-order valence-corrected chi connectivity index (χ1v) is 27.8. The number of imidazole rings is 1. The van der Waals surface area contributed by atoms with Crippen molar-refractivity contribution in [2.75, 3.05) is 0 Å². The first-order chi connectivity index (χ1) is 25.6. The molecule has 3 aliphatic carbocycles. The SMILES string of the molecule is Cc1cc(C)c(-n2ccn(-c3c(C)cc(C)cc3C)c2=P(C2CCCCC2)(C2CCCCC2)C2CCCCC2)c(C)c1.[Cl][Ru]([Cl])=[C]=Cc1ccccc1. The molecule has 53 heavy (non-hydrogen) atoms. The average Bonchev–Trinajstić information content (AvgIpc) is 3.56. The number of hydrogen-bond acceptors (Lipinski definition) is 0. The number of aryl methyl sites for hydroxylation is 6. The molecule has 3 saturated carbocycles. The molecule has 0 bridgehead atoms. The van der Waals surface area contributed by atoms with E-state index in [1.807, 2.05) is 36.4 Å². The van der Waals surface area contributed by atoms with Gasteiger partial charge in [0.1, 0.15) is 5.20 Å². The van der Waals surface area contributed by atoms with Crippen molar-refractivity contribution in [3.8, 4) is 11.4 Å². The molecule has 0 atom stereocenters. The van der Waals surface area contributed by atoms with Gasteiger partial charge in [0.2, 0.25) is 0 Å². The van der Waals surface area contributed by atoms with Crippen LogP contribution in [0.2, 0.25) is 0 Å². The molecular weight excluding hydrogens is 795 g/mol. The summed E-state index contributed by atoms with van der Waals surface area (Å²) in [5.41, 5.74) is 15.2. The molecule has 0 saturated heterocycles. The summed E-state index contributed by atoms with van der Waals surface area (Å²) in [6.45, 7) is 12.4. The number of nitrogens with zero attached hydrogens (tertiary/aromatic N) is 2. The van der Waals surface area contributed by atoms with Crippen LogP contribution >= 0.6 is 26.3 Å². The molecule has 0 unspecified atom stereocenters. The van der Waals surface area contributed by atoms with Crippen LogP contribution in [0.15, 0.2) is 67.0 Å². The van der Waals surface area contributed by atoms with Gasteiger partial charge in [-0.05, 0) is 119 Å². The third-order valence-corrected chi connectivity index (χ3v) is 20.4. The third kappa shape index (κ3) is 9.25. The third-order valence-electron chi connectivity index (χ3n) is 12.5. The minimum atomic E-state index is -1.74. The van der Waals surface area contributed by atoms with Gasteiger partial charge in [-0.2, -0.15) is 0 Å². The van der Waals surface area contributed by atoms with Gasteiger partial charge in [0.15, 0.2) is 0 Å². The zero-order valence-corrected chi connectivity index (χ0v) is 37.4. The zero-order chi connectivity index (χ0) is 37.5. The monoisotopic (exact) mass is 858 g/mol. The molecule has 1 aromatic heterocycles. The quantitative estimate of drug-likeness (QED) is 0.135. The van der Waals surface area contributed by atoms with Crippen molar-refractivity contribution >= 4 is 36.6 Å². The topological polar surface area (TPSA) is 9.86 Å². The van der Waals surface area contributed by atoms with Crippen LogP contribution in [0.4, 0.5) is 0 Å². The summed E-state index contributed by atoms with van der Waals surface area (Å²) in [6, 6.07) is 19.6. The van der Waals surface area contributed by atoms with Crippen molar-refractivity contribution < 1.29 is 13.5 Å². The van der Waals surface area contributed by atoms with Gasteiger partial charge < -0.3 is 9.13 Å². The van der Waals surface area contributed by atoms with E-state index in [4.69, 9.17) is 19.4 Å². The van der Waals surface area contributed by atoms with Gasteiger partial charge in [-0.25, -0.2) is 0 Å². The Morgan fingerprint density at radius 3 is 1.26 bits per heavy atom. The van der Waals surface area contributed by atoms with Crippen molar-refractivity contribution in [3.05, 3.63) is 111 Å². The molecule has 0 spiro atoms. The maximum absolute atomic E-state index is 5.59. The van der Waals surface area contributed by atoms with Crippen molar-refractivity contribution in [1.82, 2.24) is 9.13 Å². The van der Waals surface area contributed by atoms with Gasteiger partial charge in [-0.15, -0.1) is 0 Å². The van der Waals surface area contributed by atoms with Gasteiger partial charge in [-0.3, -0.25) is 0 Å². The van der Waals surface area contributed by atoms with Crippen molar-refractivity contribution in [2.24, 2.45) is 0 Å². The number of halogens is 2. The predicted molar refractivity (Wildman–Crippen MR) is 232 cm³/mol. The predicted octanol–water partition coefficient (Wildman–Crippen LogP) is 14.7. The Balaban J connectivity index is 0.000000376. The Hall–Kier alpha value is -1.85. The Labute approximate surface area is 334 Å². The van der Waals surface area contributed by atoms with Crippen molar-refractivity contribution in [2.45, 2.75) is 155 Å². The van der Waals surface area contributed by atoms with Crippen LogP contribution in [0, 0.1) is 46.7 Å². The number of aromatic nitrogens is 2. The van der Waals surface area contributed by atoms with Gasteiger partial charge >= 0.3 is 79.1 Å². The summed E-state index contributed by atoms with van der Waals surface area (Å²) < 4.78 is 8.51. The second-order valence-corrected chi connectivity index (χ2v) is 26.0. The molecule has 4 aromatic rings. The molecule has 3 aliphatic rings. The summed E-state index contributed by atoms with van der Waals surface area (Å²) in [6.07, 6.45) is 28.6. The first-order valence-electron chi connectivity index (χ1n) is 20.4. The summed E-state index contributed by atoms with van der Waals surface area (Å²) in [7, 11) is 11.2. The molecule has 3 fully saturated rings. The van der Waals surface area contributed by atoms with Gasteiger partial charge in [0.25, 0.3) is 0 Å². The fraction of sp³-hybridized carbons (Fsp3) is 0.511. The fourth-order valence-corrected chi connectivity index (χ4v) is 19.2. The van der Waals surface area contributed by atoms with Crippen LogP contribution in [0.5, 0.6) is 0 Å². The molecule has 0 N–H and O–H groups in total. The summed E-state index contributed by atoms with van der Waals surface area (Å²) in [4.78, 5) is 0. The summed E-state index contributed by atoms with van der Waals surface area (Å²) in [5.74, 6) is 0. The molecule has 2 nitrogen and oxygen atoms in total. The zero-order valence-electron chi connectivity index (χ0n) is 33.2. The van der Waals surface area contributed by atoms with Gasteiger partial charge in [0, 0.05) is 12.4 Å². The van der Waals surface area contributed by atoms with E-state index in [9.17, 15) is 0 Å². The van der Waals surface area contributed by atoms with E-state index >= 15 is 0 Å². The fourth-order valence-electron chi connectivity index (χ4n) is 10.8. The Bertz CT molecular complexity index is 1830. The number of hydrogen-bond donors (Lipinski definition) is 0. The Morgan fingerprint density at radius 1 is 0.566 bits per heavy atom. The molecule has 7 rings (SSSR count). The van der Waals surface area contributed by atoms with E-state index in [-0.39, 0.29) is 0 Å². The van der Waals surface area contributed by atoms with Gasteiger partial charge in [-0.1, -0.05) is 100 Å². The Kier molecular flexibility index (Phi) is 14.5. The van der Waals surface area contributed by atoms with Crippen molar-refractivity contribution in [1.29, 1.82) is 0 Å². The summed E-state index contributed by atoms with van der Waals surface area (Å²) in [5, 5.41) is 1.75. The minimum absolute atomic E-state index is 0.884. The van der Waals surface area contributed by atoms with Crippen LogP contribution < -0.4 is 0 Å². The normalized spacial score (nSPS) is 17.8. The molecule has 3 aromatic carbocycles. The first kappa shape index (κ1) is 40.8. The molecule has 0 radical (unpaired) electrons. The Morgan fingerprint density at radius 2 is 0.925 bits per heavy atom. The standard InChI is InChI=1S/C39H57N2P.C8H6.2ClH.Ru/c1-28-24-30(3)37(31(4)25-28)40-22-23-41(38-32(5)26-29(2)27-33(38)6)39(40)42(34-16-10-7-11-17-34,35-18-12-8-13-19-35)36-20-14-9-15-21-36;1-2-8-6-4-3-5-7-8;;;/h22-27,34-36H,7-21H2,1-6H3;2-7H;2*1H;/q;;;;+2/p-2. The second kappa shape index (κ2) is 18.9. The maximum atomic E-state index is 5.59. The van der Waals surface area contributed by atoms with E-state index in [0.29, 0.717) is 0 Å². The molecular formula is C47H63Cl2N2PRu. The second-order valence-electron chi connectivity index (χ2n) is 16.4. The van der Waals surface area contributed by atoms with E-state index in [2.05, 4.69) is 91.6 Å². The van der Waals surface area contributed by atoms with E-state index in [1.165, 1.54) is 141 Å². The number of benzene rings is 3. The van der Waals surface area contributed by atoms with Crippen LogP contribution in [-0.2, 0) is 13.5 Å². The molecule has 6 heteroatoms. The van der Waals surface area contributed by atoms with Crippen LogP contribution in [0.3, 0.4) is 0 Å². The van der Waals surface area contributed by atoms with Gasteiger partial charge in [0.05, 0.1) is 11.4 Å². The van der Waals surface area contributed by atoms with Crippen LogP contribution in [0.1, 0.15) is 135 Å². The average molecular weight is 859 g/mol. The molecule has 1 heterocycles. The molecule has 288 valence electrons. The van der Waals surface area contributed by atoms with E-state index in [1.54, 1.807) is 5.20 Å². The van der Waals surface area contributed by atoms with E-state index < -0.39 is 20.4 Å². The van der Waals surface area contributed by atoms with E-state index in [0.717, 1.165) is 22.5 Å². The summed E-state index contributed by atoms with van der Waals surface area (Å²) >= 11 is -1.74.